The molecule has 2 rings (SSSR count). The van der Waals surface area contributed by atoms with Crippen molar-refractivity contribution in [2.24, 2.45) is 0 Å². The van der Waals surface area contributed by atoms with Gasteiger partial charge in [-0.25, -0.2) is 9.97 Å². The van der Waals surface area contributed by atoms with Crippen LogP contribution in [0.25, 0.3) is 10.9 Å². The standard InChI is InChI=1S/C9H11N3S/c1-6(2)12-9-7-3-13-4-8(7)10-5-11-9/h3-6H,1-2H3,(H,10,11,12). The summed E-state index contributed by atoms with van der Waals surface area (Å²) in [6, 6.07) is 0.401. The molecule has 0 amide bonds. The fourth-order valence-electron chi connectivity index (χ4n) is 1.17. The van der Waals surface area contributed by atoms with Gasteiger partial charge in [-0.2, -0.15) is 0 Å². The van der Waals surface area contributed by atoms with Crippen molar-refractivity contribution in [2.45, 2.75) is 19.9 Å². The van der Waals surface area contributed by atoms with Crippen molar-refractivity contribution in [3.8, 4) is 0 Å². The summed E-state index contributed by atoms with van der Waals surface area (Å²) in [6.07, 6.45) is 1.60. The Kier molecular flexibility index (Phi) is 2.14. The number of anilines is 1. The van der Waals surface area contributed by atoms with E-state index in [9.17, 15) is 0 Å². The van der Waals surface area contributed by atoms with Crippen molar-refractivity contribution in [3.05, 3.63) is 17.1 Å². The monoisotopic (exact) mass is 193 g/mol. The number of thiophene rings is 1. The molecule has 0 aromatic carbocycles. The van der Waals surface area contributed by atoms with E-state index in [0.717, 1.165) is 16.7 Å². The van der Waals surface area contributed by atoms with Crippen LogP contribution in [-0.2, 0) is 0 Å². The molecule has 0 spiro atoms. The highest BCUT2D eigenvalue weighted by molar-refractivity contribution is 7.09. The lowest BCUT2D eigenvalue weighted by atomic mass is 10.3. The van der Waals surface area contributed by atoms with Crippen molar-refractivity contribution in [2.75, 3.05) is 5.32 Å². The molecule has 0 saturated heterocycles. The van der Waals surface area contributed by atoms with E-state index in [2.05, 4.69) is 34.5 Å². The van der Waals surface area contributed by atoms with Crippen LogP contribution in [0.4, 0.5) is 5.82 Å². The van der Waals surface area contributed by atoms with Gasteiger partial charge in [0.2, 0.25) is 0 Å². The quantitative estimate of drug-likeness (QED) is 0.796. The molecule has 0 fully saturated rings. The molecule has 4 heteroatoms. The molecule has 0 bridgehead atoms. The van der Waals surface area contributed by atoms with Crippen molar-refractivity contribution in [1.29, 1.82) is 0 Å². The summed E-state index contributed by atoms with van der Waals surface area (Å²) in [5, 5.41) is 8.50. The van der Waals surface area contributed by atoms with E-state index in [-0.39, 0.29) is 0 Å². The lowest BCUT2D eigenvalue weighted by Crippen LogP contribution is -2.11. The van der Waals surface area contributed by atoms with Crippen molar-refractivity contribution in [3.63, 3.8) is 0 Å². The van der Waals surface area contributed by atoms with Crippen LogP contribution in [0.15, 0.2) is 17.1 Å². The second-order valence-electron chi connectivity index (χ2n) is 3.19. The van der Waals surface area contributed by atoms with E-state index in [1.54, 1.807) is 17.7 Å². The molecule has 0 radical (unpaired) electrons. The molecule has 0 atom stereocenters. The first-order valence-corrected chi connectivity index (χ1v) is 5.15. The topological polar surface area (TPSA) is 37.8 Å². The van der Waals surface area contributed by atoms with Gasteiger partial charge < -0.3 is 5.32 Å². The van der Waals surface area contributed by atoms with Gasteiger partial charge in [0.05, 0.1) is 10.9 Å². The molecule has 2 aromatic heterocycles. The summed E-state index contributed by atoms with van der Waals surface area (Å²) >= 11 is 1.65. The van der Waals surface area contributed by atoms with Crippen LogP contribution in [0.5, 0.6) is 0 Å². The minimum atomic E-state index is 0.401. The fourth-order valence-corrected chi connectivity index (χ4v) is 1.93. The van der Waals surface area contributed by atoms with Crippen LogP contribution in [-0.4, -0.2) is 16.0 Å². The van der Waals surface area contributed by atoms with Crippen molar-refractivity contribution >= 4 is 28.1 Å². The van der Waals surface area contributed by atoms with Crippen molar-refractivity contribution in [1.82, 2.24) is 9.97 Å². The molecule has 13 heavy (non-hydrogen) atoms. The Morgan fingerprint density at radius 1 is 1.31 bits per heavy atom. The Bertz CT molecular complexity index is 408. The van der Waals surface area contributed by atoms with Gasteiger partial charge in [0, 0.05) is 16.8 Å². The Morgan fingerprint density at radius 3 is 2.92 bits per heavy atom. The van der Waals surface area contributed by atoms with Gasteiger partial charge in [0.25, 0.3) is 0 Å². The Hall–Kier alpha value is -1.16. The highest BCUT2D eigenvalue weighted by Gasteiger charge is 2.04. The molecule has 0 saturated carbocycles. The van der Waals surface area contributed by atoms with Gasteiger partial charge in [-0.05, 0) is 13.8 Å². The molecule has 3 nitrogen and oxygen atoms in total. The van der Waals surface area contributed by atoms with E-state index in [1.807, 2.05) is 5.38 Å². The highest BCUT2D eigenvalue weighted by Crippen LogP contribution is 2.22. The summed E-state index contributed by atoms with van der Waals surface area (Å²) in [5.41, 5.74) is 1.02. The number of rotatable bonds is 2. The number of fused-ring (bicyclic) bond motifs is 1. The first-order chi connectivity index (χ1) is 6.27. The Morgan fingerprint density at radius 2 is 2.15 bits per heavy atom. The summed E-state index contributed by atoms with van der Waals surface area (Å²) in [7, 11) is 0. The molecule has 0 unspecified atom stereocenters. The summed E-state index contributed by atoms with van der Waals surface area (Å²) in [5.74, 6) is 0.932. The summed E-state index contributed by atoms with van der Waals surface area (Å²) in [6.45, 7) is 4.20. The van der Waals surface area contributed by atoms with Crippen LogP contribution < -0.4 is 5.32 Å². The van der Waals surface area contributed by atoms with Gasteiger partial charge >= 0.3 is 0 Å². The zero-order chi connectivity index (χ0) is 9.26. The molecule has 68 valence electrons. The molecule has 0 aliphatic heterocycles. The predicted octanol–water partition coefficient (Wildman–Crippen LogP) is 2.51. The summed E-state index contributed by atoms with van der Waals surface area (Å²) < 4.78 is 0. The van der Waals surface area contributed by atoms with E-state index in [0.29, 0.717) is 6.04 Å². The maximum Gasteiger partial charge on any atom is 0.138 e. The molecule has 0 aliphatic carbocycles. The Labute approximate surface area is 80.8 Å². The zero-order valence-corrected chi connectivity index (χ0v) is 8.43. The van der Waals surface area contributed by atoms with Gasteiger partial charge in [0.15, 0.2) is 0 Å². The lowest BCUT2D eigenvalue weighted by Gasteiger charge is -2.08. The number of nitrogens with one attached hydrogen (secondary N) is 1. The van der Waals surface area contributed by atoms with E-state index >= 15 is 0 Å². The maximum atomic E-state index is 4.20. The molecule has 1 N–H and O–H groups in total. The van der Waals surface area contributed by atoms with Crippen molar-refractivity contribution < 1.29 is 0 Å². The van der Waals surface area contributed by atoms with Gasteiger partial charge in [-0.1, -0.05) is 0 Å². The largest absolute Gasteiger partial charge is 0.367 e. The molecule has 2 heterocycles. The van der Waals surface area contributed by atoms with Crippen LogP contribution in [0.2, 0.25) is 0 Å². The van der Waals surface area contributed by atoms with Gasteiger partial charge in [0.1, 0.15) is 12.1 Å². The van der Waals surface area contributed by atoms with Crippen LogP contribution in [0, 0.1) is 0 Å². The average Bonchev–Trinajstić information content (AvgIpc) is 2.51. The maximum absolute atomic E-state index is 4.20. The predicted molar refractivity (Wildman–Crippen MR) is 56.2 cm³/mol. The lowest BCUT2D eigenvalue weighted by molar-refractivity contribution is 0.890. The number of hydrogen-bond acceptors (Lipinski definition) is 4. The fraction of sp³-hybridized carbons (Fsp3) is 0.333. The SMILES string of the molecule is CC(C)Nc1ncnc2cscc12. The molecular weight excluding hydrogens is 182 g/mol. The third-order valence-corrected chi connectivity index (χ3v) is 2.44. The number of nitrogens with zero attached hydrogens (tertiary/aromatic N) is 2. The summed E-state index contributed by atoms with van der Waals surface area (Å²) in [4.78, 5) is 8.37. The normalized spacial score (nSPS) is 11.0. The second kappa shape index (κ2) is 3.30. The minimum Gasteiger partial charge on any atom is -0.367 e. The third-order valence-electron chi connectivity index (χ3n) is 1.71. The smallest absolute Gasteiger partial charge is 0.138 e. The first-order valence-electron chi connectivity index (χ1n) is 4.21. The average molecular weight is 193 g/mol. The van der Waals surface area contributed by atoms with Gasteiger partial charge in [-0.3, -0.25) is 0 Å². The van der Waals surface area contributed by atoms with Crippen LogP contribution in [0.3, 0.4) is 0 Å². The molecule has 0 aliphatic rings. The molecule has 2 aromatic rings. The minimum absolute atomic E-state index is 0.401. The van der Waals surface area contributed by atoms with E-state index < -0.39 is 0 Å². The third kappa shape index (κ3) is 1.62. The van der Waals surface area contributed by atoms with Crippen LogP contribution >= 0.6 is 11.3 Å². The Balaban J connectivity index is 2.48. The second-order valence-corrected chi connectivity index (χ2v) is 3.94. The van der Waals surface area contributed by atoms with E-state index in [4.69, 9.17) is 0 Å². The highest BCUT2D eigenvalue weighted by atomic mass is 32.1. The van der Waals surface area contributed by atoms with Crippen LogP contribution in [0.1, 0.15) is 13.8 Å². The van der Waals surface area contributed by atoms with Gasteiger partial charge in [-0.15, -0.1) is 11.3 Å². The number of hydrogen-bond donors (Lipinski definition) is 1. The molecular formula is C9H11N3S. The zero-order valence-electron chi connectivity index (χ0n) is 7.61. The van der Waals surface area contributed by atoms with E-state index in [1.165, 1.54) is 0 Å². The first kappa shape index (κ1) is 8.44. The number of aromatic nitrogens is 2.